The summed E-state index contributed by atoms with van der Waals surface area (Å²) in [6, 6.07) is 6.87. The van der Waals surface area contributed by atoms with Gasteiger partial charge in [0.25, 0.3) is 0 Å². The Morgan fingerprint density at radius 2 is 2.11 bits per heavy atom. The zero-order valence-electron chi connectivity index (χ0n) is 10.7. The van der Waals surface area contributed by atoms with Gasteiger partial charge in [-0.15, -0.1) is 0 Å². The number of hydrogen-bond donors (Lipinski definition) is 1. The van der Waals surface area contributed by atoms with Gasteiger partial charge in [0.1, 0.15) is 29.7 Å². The highest BCUT2D eigenvalue weighted by Gasteiger charge is 2.25. The van der Waals surface area contributed by atoms with E-state index in [2.05, 4.69) is 4.98 Å². The quantitative estimate of drug-likeness (QED) is 0.893. The molecular formula is C13H13N5O. The molecule has 0 saturated carbocycles. The Morgan fingerprint density at radius 1 is 1.37 bits per heavy atom. The first-order valence-electron chi connectivity index (χ1n) is 5.77. The van der Waals surface area contributed by atoms with E-state index in [1.54, 1.807) is 4.57 Å². The van der Waals surface area contributed by atoms with Crippen molar-refractivity contribution in [3.05, 3.63) is 41.4 Å². The molecule has 0 fully saturated rings. The van der Waals surface area contributed by atoms with Crippen molar-refractivity contribution in [2.75, 3.05) is 0 Å². The second kappa shape index (κ2) is 4.97. The lowest BCUT2D eigenvalue weighted by atomic mass is 10.1. The van der Waals surface area contributed by atoms with Gasteiger partial charge in [-0.3, -0.25) is 0 Å². The monoisotopic (exact) mass is 255 g/mol. The zero-order chi connectivity index (χ0) is 14.0. The first-order chi connectivity index (χ1) is 9.08. The Morgan fingerprint density at radius 3 is 2.58 bits per heavy atom. The summed E-state index contributed by atoms with van der Waals surface area (Å²) in [4.78, 5) is 3.92. The summed E-state index contributed by atoms with van der Waals surface area (Å²) < 4.78 is 7.17. The van der Waals surface area contributed by atoms with Crippen molar-refractivity contribution in [3.63, 3.8) is 0 Å². The lowest BCUT2D eigenvalue weighted by Crippen LogP contribution is -2.30. The summed E-state index contributed by atoms with van der Waals surface area (Å²) in [5.74, 6) is 1.41. The van der Waals surface area contributed by atoms with Gasteiger partial charge in [-0.05, 0) is 26.0 Å². The zero-order valence-corrected chi connectivity index (χ0v) is 10.7. The van der Waals surface area contributed by atoms with E-state index < -0.39 is 0 Å². The Labute approximate surface area is 110 Å². The average Bonchev–Trinajstić information content (AvgIpc) is 2.96. The number of furan rings is 1. The normalized spacial score (nSPS) is 13.5. The molecule has 96 valence electrons. The summed E-state index contributed by atoms with van der Waals surface area (Å²) >= 11 is 0. The molecule has 19 heavy (non-hydrogen) atoms. The van der Waals surface area contributed by atoms with E-state index in [0.717, 1.165) is 5.76 Å². The molecule has 6 nitrogen and oxygen atoms in total. The highest BCUT2D eigenvalue weighted by molar-refractivity contribution is 5.37. The van der Waals surface area contributed by atoms with Crippen LogP contribution in [-0.4, -0.2) is 15.6 Å². The number of aromatic nitrogens is 2. The molecule has 0 spiro atoms. The van der Waals surface area contributed by atoms with E-state index in [4.69, 9.17) is 20.7 Å². The van der Waals surface area contributed by atoms with Crippen molar-refractivity contribution in [1.29, 1.82) is 10.5 Å². The fourth-order valence-electron chi connectivity index (χ4n) is 2.03. The summed E-state index contributed by atoms with van der Waals surface area (Å²) in [7, 11) is 0. The molecule has 2 atom stereocenters. The number of nitrogens with two attached hydrogens (primary N) is 1. The van der Waals surface area contributed by atoms with Gasteiger partial charge in [0.05, 0.1) is 6.33 Å². The molecule has 2 rings (SSSR count). The minimum atomic E-state index is -0.363. The number of imidazole rings is 1. The Balaban J connectivity index is 2.56. The number of hydrogen-bond acceptors (Lipinski definition) is 5. The van der Waals surface area contributed by atoms with Crippen LogP contribution in [0.25, 0.3) is 0 Å². The van der Waals surface area contributed by atoms with Gasteiger partial charge in [0, 0.05) is 6.04 Å². The second-order valence-corrected chi connectivity index (χ2v) is 4.33. The molecule has 2 N–H and O–H groups in total. The lowest BCUT2D eigenvalue weighted by Gasteiger charge is -2.20. The molecule has 0 bridgehead atoms. The molecule has 0 aromatic carbocycles. The maximum atomic E-state index is 9.17. The van der Waals surface area contributed by atoms with E-state index >= 15 is 0 Å². The van der Waals surface area contributed by atoms with E-state index in [9.17, 15) is 0 Å². The van der Waals surface area contributed by atoms with Crippen molar-refractivity contribution in [3.8, 4) is 12.1 Å². The van der Waals surface area contributed by atoms with E-state index in [1.165, 1.54) is 6.33 Å². The van der Waals surface area contributed by atoms with Crippen LogP contribution in [0, 0.1) is 29.6 Å². The van der Waals surface area contributed by atoms with Gasteiger partial charge < -0.3 is 14.7 Å². The van der Waals surface area contributed by atoms with Crippen LogP contribution in [0.2, 0.25) is 0 Å². The molecule has 0 aliphatic heterocycles. The van der Waals surface area contributed by atoms with Crippen LogP contribution in [0.3, 0.4) is 0 Å². The Hall–Kier alpha value is -2.57. The summed E-state index contributed by atoms with van der Waals surface area (Å²) in [5.41, 5.74) is 6.27. The topological polar surface area (TPSA) is 105 Å². The minimum absolute atomic E-state index is 0.0939. The number of aryl methyl sites for hydroxylation is 1. The smallest absolute Gasteiger partial charge is 0.176 e. The van der Waals surface area contributed by atoms with Crippen molar-refractivity contribution in [2.45, 2.75) is 25.9 Å². The molecule has 6 heteroatoms. The first-order valence-corrected chi connectivity index (χ1v) is 5.77. The number of nitrogens with zero attached hydrogens (tertiary/aromatic N) is 4. The van der Waals surface area contributed by atoms with Crippen molar-refractivity contribution >= 4 is 0 Å². The SMILES string of the molecule is Cc1ccc(C(C(C)N)n2cnc(C#N)c2C#N)o1. The van der Waals surface area contributed by atoms with Gasteiger partial charge in [0.15, 0.2) is 11.4 Å². The maximum absolute atomic E-state index is 9.17. The molecule has 0 aliphatic rings. The van der Waals surface area contributed by atoms with Gasteiger partial charge in [0.2, 0.25) is 0 Å². The third-order valence-corrected chi connectivity index (χ3v) is 2.86. The average molecular weight is 255 g/mol. The fourth-order valence-corrected chi connectivity index (χ4v) is 2.03. The third-order valence-electron chi connectivity index (χ3n) is 2.86. The maximum Gasteiger partial charge on any atom is 0.176 e. The molecule has 2 heterocycles. The van der Waals surface area contributed by atoms with Gasteiger partial charge >= 0.3 is 0 Å². The molecule has 2 aromatic rings. The highest BCUT2D eigenvalue weighted by atomic mass is 16.3. The van der Waals surface area contributed by atoms with Crippen LogP contribution in [0.15, 0.2) is 22.9 Å². The van der Waals surface area contributed by atoms with Crippen LogP contribution < -0.4 is 5.73 Å². The summed E-state index contributed by atoms with van der Waals surface area (Å²) in [6.07, 6.45) is 1.45. The standard InChI is InChI=1S/C13H13N5O/c1-8-3-4-12(19-8)13(9(2)16)18-7-17-10(5-14)11(18)6-15/h3-4,7,9,13H,16H2,1-2H3. The van der Waals surface area contributed by atoms with Crippen molar-refractivity contribution in [1.82, 2.24) is 9.55 Å². The summed E-state index contributed by atoms with van der Waals surface area (Å²) in [5, 5.41) is 18.1. The van der Waals surface area contributed by atoms with Crippen LogP contribution in [0.1, 0.15) is 35.9 Å². The predicted molar refractivity (Wildman–Crippen MR) is 66.9 cm³/mol. The molecule has 2 unspecified atom stereocenters. The van der Waals surface area contributed by atoms with Crippen molar-refractivity contribution < 1.29 is 4.42 Å². The van der Waals surface area contributed by atoms with Crippen molar-refractivity contribution in [2.24, 2.45) is 5.73 Å². The lowest BCUT2D eigenvalue weighted by molar-refractivity contribution is 0.379. The Kier molecular flexibility index (Phi) is 3.37. The highest BCUT2D eigenvalue weighted by Crippen LogP contribution is 2.25. The van der Waals surface area contributed by atoms with Crippen LogP contribution >= 0.6 is 0 Å². The second-order valence-electron chi connectivity index (χ2n) is 4.33. The van der Waals surface area contributed by atoms with Crippen LogP contribution in [0.5, 0.6) is 0 Å². The van der Waals surface area contributed by atoms with Crippen LogP contribution in [0.4, 0.5) is 0 Å². The third kappa shape index (κ3) is 2.22. The van der Waals surface area contributed by atoms with E-state index in [-0.39, 0.29) is 23.5 Å². The number of rotatable bonds is 3. The van der Waals surface area contributed by atoms with Gasteiger partial charge in [-0.2, -0.15) is 10.5 Å². The summed E-state index contributed by atoms with van der Waals surface area (Å²) in [6.45, 7) is 3.65. The minimum Gasteiger partial charge on any atom is -0.464 e. The molecule has 0 saturated heterocycles. The largest absolute Gasteiger partial charge is 0.464 e. The molecule has 0 aliphatic carbocycles. The molecule has 0 radical (unpaired) electrons. The predicted octanol–water partition coefficient (Wildman–Crippen LogP) is 1.46. The molecular weight excluding hydrogens is 242 g/mol. The molecule has 0 amide bonds. The number of nitriles is 2. The van der Waals surface area contributed by atoms with E-state index in [1.807, 2.05) is 38.1 Å². The van der Waals surface area contributed by atoms with Gasteiger partial charge in [-0.25, -0.2) is 4.98 Å². The Bertz CT molecular complexity index is 668. The van der Waals surface area contributed by atoms with E-state index in [0.29, 0.717) is 5.76 Å². The first kappa shape index (κ1) is 12.9. The fraction of sp³-hybridized carbons (Fsp3) is 0.308. The molecule has 2 aromatic heterocycles. The van der Waals surface area contributed by atoms with Gasteiger partial charge in [-0.1, -0.05) is 0 Å². The van der Waals surface area contributed by atoms with Crippen LogP contribution in [-0.2, 0) is 0 Å².